The van der Waals surface area contributed by atoms with Gasteiger partial charge in [0.2, 0.25) is 0 Å². The van der Waals surface area contributed by atoms with Crippen LogP contribution in [0.15, 0.2) is 42.7 Å². The van der Waals surface area contributed by atoms with E-state index in [0.717, 1.165) is 27.2 Å². The van der Waals surface area contributed by atoms with Crippen molar-refractivity contribution in [3.63, 3.8) is 0 Å². The highest BCUT2D eigenvalue weighted by atomic mass is 127. The van der Waals surface area contributed by atoms with E-state index in [1.807, 2.05) is 30.3 Å². The zero-order valence-electron chi connectivity index (χ0n) is 12.0. The molecule has 4 heteroatoms. The van der Waals surface area contributed by atoms with Gasteiger partial charge in [-0.2, -0.15) is 0 Å². The first-order chi connectivity index (χ1) is 9.44. The van der Waals surface area contributed by atoms with Crippen LogP contribution >= 0.6 is 22.6 Å². The summed E-state index contributed by atoms with van der Waals surface area (Å²) in [5, 5.41) is 3.47. The summed E-state index contributed by atoms with van der Waals surface area (Å²) in [4.78, 5) is 4.15. The van der Waals surface area contributed by atoms with Gasteiger partial charge in [0.1, 0.15) is 11.5 Å². The summed E-state index contributed by atoms with van der Waals surface area (Å²) in [5.41, 5.74) is 1.18. The number of rotatable bonds is 4. The van der Waals surface area contributed by atoms with Crippen LogP contribution in [0.3, 0.4) is 0 Å². The number of ether oxygens (including phenoxy) is 1. The van der Waals surface area contributed by atoms with Gasteiger partial charge in [-0.1, -0.05) is 6.07 Å². The zero-order chi connectivity index (χ0) is 14.6. The second-order valence-electron chi connectivity index (χ2n) is 5.65. The summed E-state index contributed by atoms with van der Waals surface area (Å²) in [6.07, 6.45) is 3.56. The predicted octanol–water partition coefficient (Wildman–Crippen LogP) is 4.37. The minimum Gasteiger partial charge on any atom is -0.455 e. The van der Waals surface area contributed by atoms with Gasteiger partial charge < -0.3 is 10.1 Å². The Morgan fingerprint density at radius 2 is 2.05 bits per heavy atom. The van der Waals surface area contributed by atoms with Crippen molar-refractivity contribution in [2.45, 2.75) is 32.9 Å². The molecule has 2 aromatic rings. The Morgan fingerprint density at radius 1 is 1.25 bits per heavy atom. The molecule has 0 radical (unpaired) electrons. The largest absolute Gasteiger partial charge is 0.455 e. The number of benzene rings is 1. The highest BCUT2D eigenvalue weighted by molar-refractivity contribution is 14.1. The van der Waals surface area contributed by atoms with Crippen molar-refractivity contribution in [2.75, 3.05) is 0 Å². The lowest BCUT2D eigenvalue weighted by Gasteiger charge is -2.21. The molecule has 0 fully saturated rings. The Labute approximate surface area is 133 Å². The van der Waals surface area contributed by atoms with Gasteiger partial charge in [0, 0.05) is 27.4 Å². The van der Waals surface area contributed by atoms with Gasteiger partial charge >= 0.3 is 0 Å². The van der Waals surface area contributed by atoms with Crippen molar-refractivity contribution >= 4 is 22.6 Å². The highest BCUT2D eigenvalue weighted by Crippen LogP contribution is 2.25. The molecule has 2 rings (SSSR count). The lowest BCUT2D eigenvalue weighted by molar-refractivity contribution is 0.413. The molecule has 1 heterocycles. The molecule has 0 saturated heterocycles. The van der Waals surface area contributed by atoms with Gasteiger partial charge in [0.25, 0.3) is 0 Å². The molecule has 1 aromatic carbocycles. The first kappa shape index (κ1) is 15.3. The van der Waals surface area contributed by atoms with Crippen molar-refractivity contribution in [3.05, 3.63) is 51.9 Å². The molecule has 0 amide bonds. The number of nitrogens with zero attached hydrogens (tertiary/aromatic N) is 1. The standard InChI is InChI=1S/C16H19IN2O/c1-16(2,3)19-10-12-7-8-18-11-15(12)20-14-6-4-5-13(17)9-14/h4-9,11,19H,10H2,1-3H3. The van der Waals surface area contributed by atoms with E-state index in [9.17, 15) is 0 Å². The fraction of sp³-hybridized carbons (Fsp3) is 0.312. The first-order valence-electron chi connectivity index (χ1n) is 6.55. The molecule has 0 unspecified atom stereocenters. The normalized spacial score (nSPS) is 11.4. The molecule has 0 atom stereocenters. The first-order valence-corrected chi connectivity index (χ1v) is 7.63. The molecular weight excluding hydrogens is 363 g/mol. The van der Waals surface area contributed by atoms with E-state index in [0.29, 0.717) is 0 Å². The number of hydrogen-bond donors (Lipinski definition) is 1. The Kier molecular flexibility index (Phi) is 4.99. The van der Waals surface area contributed by atoms with Crippen molar-refractivity contribution < 1.29 is 4.74 Å². The molecule has 0 aliphatic carbocycles. The maximum Gasteiger partial charge on any atom is 0.150 e. The van der Waals surface area contributed by atoms with Crippen LogP contribution in [0, 0.1) is 3.57 Å². The van der Waals surface area contributed by atoms with Gasteiger partial charge in [0.05, 0.1) is 6.20 Å². The minimum atomic E-state index is 0.0721. The van der Waals surface area contributed by atoms with Crippen molar-refractivity contribution in [1.29, 1.82) is 0 Å². The zero-order valence-corrected chi connectivity index (χ0v) is 14.1. The number of halogens is 1. The minimum absolute atomic E-state index is 0.0721. The van der Waals surface area contributed by atoms with Crippen LogP contribution in [0.1, 0.15) is 26.3 Å². The van der Waals surface area contributed by atoms with Crippen LogP contribution in [0.25, 0.3) is 0 Å². The molecule has 1 aromatic heterocycles. The maximum atomic E-state index is 5.95. The molecule has 0 aliphatic heterocycles. The van der Waals surface area contributed by atoms with Crippen molar-refractivity contribution in [2.24, 2.45) is 0 Å². The Morgan fingerprint density at radius 3 is 2.75 bits per heavy atom. The smallest absolute Gasteiger partial charge is 0.150 e. The third kappa shape index (κ3) is 4.76. The molecule has 1 N–H and O–H groups in total. The summed E-state index contributed by atoms with van der Waals surface area (Å²) >= 11 is 2.28. The van der Waals surface area contributed by atoms with Crippen LogP contribution in [-0.2, 0) is 6.54 Å². The Balaban J connectivity index is 2.15. The second kappa shape index (κ2) is 6.54. The van der Waals surface area contributed by atoms with Crippen LogP contribution in [0.5, 0.6) is 11.5 Å². The van der Waals surface area contributed by atoms with E-state index in [2.05, 4.69) is 53.7 Å². The topological polar surface area (TPSA) is 34.2 Å². The lowest BCUT2D eigenvalue weighted by Crippen LogP contribution is -2.35. The van der Waals surface area contributed by atoms with Gasteiger partial charge in [-0.25, -0.2) is 0 Å². The predicted molar refractivity (Wildman–Crippen MR) is 90.1 cm³/mol. The fourth-order valence-corrected chi connectivity index (χ4v) is 2.18. The van der Waals surface area contributed by atoms with E-state index >= 15 is 0 Å². The van der Waals surface area contributed by atoms with Gasteiger partial charge in [-0.05, 0) is 67.6 Å². The van der Waals surface area contributed by atoms with Crippen molar-refractivity contribution in [3.8, 4) is 11.5 Å². The molecule has 0 bridgehead atoms. The van der Waals surface area contributed by atoms with Crippen LogP contribution in [0.2, 0.25) is 0 Å². The van der Waals surface area contributed by atoms with E-state index in [-0.39, 0.29) is 5.54 Å². The van der Waals surface area contributed by atoms with E-state index in [1.54, 1.807) is 12.4 Å². The van der Waals surface area contributed by atoms with E-state index in [4.69, 9.17) is 4.74 Å². The fourth-order valence-electron chi connectivity index (χ4n) is 1.66. The maximum absolute atomic E-state index is 5.95. The third-order valence-electron chi connectivity index (χ3n) is 2.70. The van der Waals surface area contributed by atoms with Crippen LogP contribution in [0.4, 0.5) is 0 Å². The SMILES string of the molecule is CC(C)(C)NCc1ccncc1Oc1cccc(I)c1. The number of nitrogens with one attached hydrogen (secondary N) is 1. The summed E-state index contributed by atoms with van der Waals surface area (Å²) < 4.78 is 7.10. The quantitative estimate of drug-likeness (QED) is 0.798. The number of aromatic nitrogens is 1. The van der Waals surface area contributed by atoms with E-state index in [1.165, 1.54) is 0 Å². The molecule has 20 heavy (non-hydrogen) atoms. The Bertz CT molecular complexity index is 579. The summed E-state index contributed by atoms with van der Waals surface area (Å²) in [6.45, 7) is 7.20. The monoisotopic (exact) mass is 382 g/mol. The molecular formula is C16H19IN2O. The average molecular weight is 382 g/mol. The van der Waals surface area contributed by atoms with Gasteiger partial charge in [-0.3, -0.25) is 4.98 Å². The average Bonchev–Trinajstić information content (AvgIpc) is 2.37. The molecule has 0 aliphatic rings. The highest BCUT2D eigenvalue weighted by Gasteiger charge is 2.11. The summed E-state index contributed by atoms with van der Waals surface area (Å²) in [5.74, 6) is 1.63. The van der Waals surface area contributed by atoms with Crippen LogP contribution < -0.4 is 10.1 Å². The van der Waals surface area contributed by atoms with Gasteiger partial charge in [0.15, 0.2) is 0 Å². The van der Waals surface area contributed by atoms with Gasteiger partial charge in [-0.15, -0.1) is 0 Å². The number of pyridine rings is 1. The van der Waals surface area contributed by atoms with E-state index < -0.39 is 0 Å². The molecule has 0 saturated carbocycles. The molecule has 0 spiro atoms. The number of hydrogen-bond acceptors (Lipinski definition) is 3. The lowest BCUT2D eigenvalue weighted by atomic mass is 10.1. The molecule has 3 nitrogen and oxygen atoms in total. The molecule has 106 valence electrons. The van der Waals surface area contributed by atoms with Crippen LogP contribution in [-0.4, -0.2) is 10.5 Å². The second-order valence-corrected chi connectivity index (χ2v) is 6.89. The van der Waals surface area contributed by atoms with Crippen molar-refractivity contribution in [1.82, 2.24) is 10.3 Å². The Hall–Kier alpha value is -1.14. The third-order valence-corrected chi connectivity index (χ3v) is 3.37. The summed E-state index contributed by atoms with van der Waals surface area (Å²) in [7, 11) is 0. The summed E-state index contributed by atoms with van der Waals surface area (Å²) in [6, 6.07) is 9.98.